The van der Waals surface area contributed by atoms with E-state index in [1.54, 1.807) is 7.11 Å². The summed E-state index contributed by atoms with van der Waals surface area (Å²) in [6.07, 6.45) is 7.80. The van der Waals surface area contributed by atoms with Crippen molar-refractivity contribution in [1.29, 1.82) is 0 Å². The van der Waals surface area contributed by atoms with Crippen LogP contribution in [0.15, 0.2) is 48.8 Å². The molecule has 2 aliphatic heterocycles. The standard InChI is InChI=1S/C26H32N4O2/c1-3-30-16-19(21-14-20(32-2)10-11-24(21)30)15-29-17-22(23-8-5-7-13-27-23)26(18-29)12-6-4-9-25(31)28-26/h5,7-8,10-11,13-14,16,22H,3-4,6,9,12,15,17-18H2,1-2H3,(H,28,31)/t22-,26+/m0/s1. The molecule has 2 fully saturated rings. The number of nitrogens with one attached hydrogen (secondary N) is 1. The van der Waals surface area contributed by atoms with Gasteiger partial charge in [-0.25, -0.2) is 0 Å². The van der Waals surface area contributed by atoms with Gasteiger partial charge in [0.1, 0.15) is 5.75 Å². The number of carbonyl (C=O) groups is 1. The van der Waals surface area contributed by atoms with E-state index in [-0.39, 0.29) is 17.4 Å². The molecule has 4 heterocycles. The van der Waals surface area contributed by atoms with Gasteiger partial charge < -0.3 is 14.6 Å². The van der Waals surface area contributed by atoms with Crippen LogP contribution in [0.25, 0.3) is 10.9 Å². The Hall–Kier alpha value is -2.86. The van der Waals surface area contributed by atoms with Gasteiger partial charge in [0, 0.05) is 67.5 Å². The molecule has 3 aromatic rings. The molecule has 0 unspecified atom stereocenters. The molecule has 0 radical (unpaired) electrons. The molecule has 168 valence electrons. The zero-order chi connectivity index (χ0) is 22.1. The summed E-state index contributed by atoms with van der Waals surface area (Å²) in [5, 5.41) is 4.69. The smallest absolute Gasteiger partial charge is 0.220 e. The number of amides is 1. The number of rotatable bonds is 5. The average Bonchev–Trinajstić information content (AvgIpc) is 3.27. The van der Waals surface area contributed by atoms with Crippen molar-refractivity contribution in [3.8, 4) is 5.75 Å². The number of aromatic nitrogens is 2. The first-order valence-electron chi connectivity index (χ1n) is 11.7. The molecule has 5 rings (SSSR count). The topological polar surface area (TPSA) is 59.4 Å². The lowest BCUT2D eigenvalue weighted by atomic mass is 9.81. The van der Waals surface area contributed by atoms with E-state index in [0.29, 0.717) is 6.42 Å². The van der Waals surface area contributed by atoms with Crippen LogP contribution in [-0.2, 0) is 17.9 Å². The van der Waals surface area contributed by atoms with E-state index >= 15 is 0 Å². The van der Waals surface area contributed by atoms with Crippen molar-refractivity contribution in [1.82, 2.24) is 19.8 Å². The molecular formula is C26H32N4O2. The Morgan fingerprint density at radius 2 is 2.16 bits per heavy atom. The van der Waals surface area contributed by atoms with E-state index < -0.39 is 0 Å². The van der Waals surface area contributed by atoms with Gasteiger partial charge >= 0.3 is 0 Å². The summed E-state index contributed by atoms with van der Waals surface area (Å²) >= 11 is 0. The molecule has 32 heavy (non-hydrogen) atoms. The third-order valence-corrected chi connectivity index (χ3v) is 7.23. The molecule has 2 aromatic heterocycles. The van der Waals surface area contributed by atoms with Crippen molar-refractivity contribution in [3.05, 3.63) is 60.0 Å². The summed E-state index contributed by atoms with van der Waals surface area (Å²) in [5.41, 5.74) is 3.37. The maximum absolute atomic E-state index is 12.6. The first-order chi connectivity index (χ1) is 15.6. The molecule has 6 nitrogen and oxygen atoms in total. The first kappa shape index (κ1) is 21.0. The van der Waals surface area contributed by atoms with Crippen LogP contribution in [0.4, 0.5) is 0 Å². The van der Waals surface area contributed by atoms with Crippen molar-refractivity contribution in [2.24, 2.45) is 0 Å². The Bertz CT molecular complexity index is 1110. The first-order valence-corrected chi connectivity index (χ1v) is 11.7. The number of nitrogens with zero attached hydrogens (tertiary/aromatic N) is 3. The quantitative estimate of drug-likeness (QED) is 0.660. The molecule has 6 heteroatoms. The average molecular weight is 433 g/mol. The van der Waals surface area contributed by atoms with Crippen molar-refractivity contribution in [2.45, 2.75) is 57.2 Å². The SMILES string of the molecule is CCn1cc(CN2C[C@@H](c3ccccn3)[C@@]3(CCCCC(=O)N3)C2)c2cc(OC)ccc21. The monoisotopic (exact) mass is 432 g/mol. The number of carbonyl (C=O) groups excluding carboxylic acids is 1. The number of fused-ring (bicyclic) bond motifs is 1. The third kappa shape index (κ3) is 3.77. The van der Waals surface area contributed by atoms with E-state index in [9.17, 15) is 4.79 Å². The zero-order valence-electron chi connectivity index (χ0n) is 19.0. The maximum atomic E-state index is 12.6. The Morgan fingerprint density at radius 1 is 1.25 bits per heavy atom. The van der Waals surface area contributed by atoms with Gasteiger partial charge in [-0.1, -0.05) is 12.5 Å². The van der Waals surface area contributed by atoms with Crippen LogP contribution < -0.4 is 10.1 Å². The highest BCUT2D eigenvalue weighted by Gasteiger charge is 2.49. The van der Waals surface area contributed by atoms with E-state index in [4.69, 9.17) is 9.72 Å². The van der Waals surface area contributed by atoms with Gasteiger partial charge in [-0.3, -0.25) is 14.7 Å². The van der Waals surface area contributed by atoms with Crippen LogP contribution in [0.5, 0.6) is 5.75 Å². The highest BCUT2D eigenvalue weighted by Crippen LogP contribution is 2.41. The largest absolute Gasteiger partial charge is 0.497 e. The Labute approximate surface area is 189 Å². The van der Waals surface area contributed by atoms with E-state index in [0.717, 1.165) is 56.9 Å². The minimum Gasteiger partial charge on any atom is -0.497 e. The van der Waals surface area contributed by atoms with Crippen LogP contribution in [-0.4, -0.2) is 46.1 Å². The van der Waals surface area contributed by atoms with E-state index in [1.807, 2.05) is 18.3 Å². The molecule has 1 spiro atoms. The normalized spacial score (nSPS) is 24.1. The lowest BCUT2D eigenvalue weighted by Gasteiger charge is -2.34. The molecule has 0 aliphatic carbocycles. The Kier molecular flexibility index (Phi) is 5.64. The highest BCUT2D eigenvalue weighted by molar-refractivity contribution is 5.85. The summed E-state index contributed by atoms with van der Waals surface area (Å²) in [6, 6.07) is 12.4. The van der Waals surface area contributed by atoms with E-state index in [1.165, 1.54) is 16.5 Å². The highest BCUT2D eigenvalue weighted by atomic mass is 16.5. The lowest BCUT2D eigenvalue weighted by Crippen LogP contribution is -2.52. The van der Waals surface area contributed by atoms with Gasteiger partial charge in [-0.15, -0.1) is 0 Å². The van der Waals surface area contributed by atoms with Crippen LogP contribution >= 0.6 is 0 Å². The Morgan fingerprint density at radius 3 is 2.94 bits per heavy atom. The van der Waals surface area contributed by atoms with Crippen LogP contribution in [0.2, 0.25) is 0 Å². The van der Waals surface area contributed by atoms with Crippen LogP contribution in [0.1, 0.15) is 49.8 Å². The van der Waals surface area contributed by atoms with Gasteiger partial charge in [0.25, 0.3) is 0 Å². The zero-order valence-corrected chi connectivity index (χ0v) is 19.0. The molecule has 2 aliphatic rings. The molecule has 1 aromatic carbocycles. The molecule has 2 atom stereocenters. The van der Waals surface area contributed by atoms with Crippen molar-refractivity contribution < 1.29 is 9.53 Å². The molecule has 2 saturated heterocycles. The molecule has 1 N–H and O–H groups in total. The van der Waals surface area contributed by atoms with Gasteiger partial charge in [0.05, 0.1) is 12.6 Å². The fraction of sp³-hybridized carbons (Fsp3) is 0.462. The second-order valence-corrected chi connectivity index (χ2v) is 9.21. The van der Waals surface area contributed by atoms with Gasteiger partial charge in [-0.05, 0) is 55.7 Å². The van der Waals surface area contributed by atoms with Crippen molar-refractivity contribution in [2.75, 3.05) is 20.2 Å². The van der Waals surface area contributed by atoms with Gasteiger partial charge in [0.15, 0.2) is 0 Å². The summed E-state index contributed by atoms with van der Waals surface area (Å²) < 4.78 is 7.81. The minimum absolute atomic E-state index is 0.178. The maximum Gasteiger partial charge on any atom is 0.220 e. The minimum atomic E-state index is -0.247. The number of hydrogen-bond acceptors (Lipinski definition) is 4. The predicted octanol–water partition coefficient (Wildman–Crippen LogP) is 4.09. The van der Waals surface area contributed by atoms with Gasteiger partial charge in [-0.2, -0.15) is 0 Å². The van der Waals surface area contributed by atoms with Crippen LogP contribution in [0, 0.1) is 0 Å². The van der Waals surface area contributed by atoms with Gasteiger partial charge in [0.2, 0.25) is 5.91 Å². The molecule has 0 saturated carbocycles. The second-order valence-electron chi connectivity index (χ2n) is 9.21. The molecular weight excluding hydrogens is 400 g/mol. The summed E-state index contributed by atoms with van der Waals surface area (Å²) in [7, 11) is 1.72. The Balaban J connectivity index is 1.49. The number of benzene rings is 1. The number of hydrogen-bond donors (Lipinski definition) is 1. The third-order valence-electron chi connectivity index (χ3n) is 7.23. The van der Waals surface area contributed by atoms with Crippen molar-refractivity contribution >= 4 is 16.8 Å². The predicted molar refractivity (Wildman–Crippen MR) is 126 cm³/mol. The number of ether oxygens (including phenoxy) is 1. The fourth-order valence-electron chi connectivity index (χ4n) is 5.70. The molecule has 0 bridgehead atoms. The van der Waals surface area contributed by atoms with Crippen LogP contribution in [0.3, 0.4) is 0 Å². The van der Waals surface area contributed by atoms with Crippen molar-refractivity contribution in [3.63, 3.8) is 0 Å². The molecule has 1 amide bonds. The number of likely N-dealkylation sites (tertiary alicyclic amines) is 1. The summed E-state index contributed by atoms with van der Waals surface area (Å²) in [4.78, 5) is 19.8. The lowest BCUT2D eigenvalue weighted by molar-refractivity contribution is -0.122. The summed E-state index contributed by atoms with van der Waals surface area (Å²) in [5.74, 6) is 1.25. The van der Waals surface area contributed by atoms with E-state index in [2.05, 4.69) is 52.2 Å². The fourth-order valence-corrected chi connectivity index (χ4v) is 5.70. The number of aryl methyl sites for hydroxylation is 1. The number of methoxy groups -OCH3 is 1. The second kappa shape index (κ2) is 8.58. The summed E-state index contributed by atoms with van der Waals surface area (Å²) in [6.45, 7) is 5.69. The number of pyridine rings is 1.